The monoisotopic (exact) mass is 287 g/mol. The standard InChI is InChI=1S/C16H17NO4/c1-10(18)12-8-14-15(21-7-6-20-14)9-13(12)17-16(19)11-4-2-3-5-11/h2-3,8-9,11H,4-7H2,1H3,(H,17,19). The van der Waals surface area contributed by atoms with E-state index in [-0.39, 0.29) is 17.6 Å². The van der Waals surface area contributed by atoms with E-state index in [1.165, 1.54) is 6.92 Å². The summed E-state index contributed by atoms with van der Waals surface area (Å²) in [5, 5.41) is 2.85. The summed E-state index contributed by atoms with van der Waals surface area (Å²) < 4.78 is 11.0. The zero-order chi connectivity index (χ0) is 14.8. The number of ether oxygens (including phenoxy) is 2. The van der Waals surface area contributed by atoms with E-state index in [2.05, 4.69) is 5.32 Å². The van der Waals surface area contributed by atoms with Crippen molar-refractivity contribution in [2.75, 3.05) is 18.5 Å². The molecule has 1 amide bonds. The number of allylic oxidation sites excluding steroid dienone is 2. The number of nitrogens with one attached hydrogen (secondary N) is 1. The van der Waals surface area contributed by atoms with Gasteiger partial charge in [-0.05, 0) is 25.8 Å². The maximum absolute atomic E-state index is 12.2. The van der Waals surface area contributed by atoms with Gasteiger partial charge in [-0.2, -0.15) is 0 Å². The van der Waals surface area contributed by atoms with Gasteiger partial charge in [-0.15, -0.1) is 0 Å². The molecule has 3 rings (SSSR count). The van der Waals surface area contributed by atoms with Gasteiger partial charge >= 0.3 is 0 Å². The van der Waals surface area contributed by atoms with Gasteiger partial charge in [-0.1, -0.05) is 12.2 Å². The molecule has 5 nitrogen and oxygen atoms in total. The summed E-state index contributed by atoms with van der Waals surface area (Å²) in [6.07, 6.45) is 5.48. The van der Waals surface area contributed by atoms with Gasteiger partial charge in [0, 0.05) is 17.5 Å². The predicted molar refractivity (Wildman–Crippen MR) is 77.9 cm³/mol. The number of hydrogen-bond donors (Lipinski definition) is 1. The number of amides is 1. The Morgan fingerprint density at radius 3 is 2.33 bits per heavy atom. The highest BCUT2D eigenvalue weighted by molar-refractivity contribution is 6.05. The van der Waals surface area contributed by atoms with Crippen molar-refractivity contribution in [1.29, 1.82) is 0 Å². The zero-order valence-corrected chi connectivity index (χ0v) is 11.8. The number of anilines is 1. The van der Waals surface area contributed by atoms with Crippen molar-refractivity contribution in [2.24, 2.45) is 5.92 Å². The third-order valence-electron chi connectivity index (χ3n) is 3.70. The molecule has 2 aliphatic rings. The van der Waals surface area contributed by atoms with Gasteiger partial charge in [-0.3, -0.25) is 9.59 Å². The number of fused-ring (bicyclic) bond motifs is 1. The minimum atomic E-state index is -0.119. The highest BCUT2D eigenvalue weighted by Crippen LogP contribution is 2.36. The first-order valence-electron chi connectivity index (χ1n) is 7.05. The van der Waals surface area contributed by atoms with Crippen LogP contribution in [-0.4, -0.2) is 24.9 Å². The molecule has 1 aromatic rings. The van der Waals surface area contributed by atoms with Crippen molar-refractivity contribution in [1.82, 2.24) is 0 Å². The lowest BCUT2D eigenvalue weighted by Gasteiger charge is -2.21. The number of carbonyl (C=O) groups is 2. The van der Waals surface area contributed by atoms with Crippen LogP contribution in [0.2, 0.25) is 0 Å². The fraction of sp³-hybridized carbons (Fsp3) is 0.375. The summed E-state index contributed by atoms with van der Waals surface area (Å²) in [6, 6.07) is 3.31. The van der Waals surface area contributed by atoms with E-state index in [4.69, 9.17) is 9.47 Å². The third kappa shape index (κ3) is 2.77. The lowest BCUT2D eigenvalue weighted by Crippen LogP contribution is -2.22. The average Bonchev–Trinajstić information content (AvgIpc) is 3.00. The molecule has 1 N–H and O–H groups in total. The number of Topliss-reactive ketones (excluding diaryl/α,β-unsaturated/α-hetero) is 1. The zero-order valence-electron chi connectivity index (χ0n) is 11.8. The van der Waals surface area contributed by atoms with E-state index in [1.807, 2.05) is 12.2 Å². The Morgan fingerprint density at radius 1 is 1.10 bits per heavy atom. The fourth-order valence-corrected chi connectivity index (χ4v) is 2.55. The van der Waals surface area contributed by atoms with Crippen LogP contribution in [0.25, 0.3) is 0 Å². The molecular weight excluding hydrogens is 270 g/mol. The Balaban J connectivity index is 1.88. The molecule has 0 unspecified atom stereocenters. The minimum absolute atomic E-state index is 0.0574. The molecule has 0 saturated heterocycles. The first-order chi connectivity index (χ1) is 10.1. The van der Waals surface area contributed by atoms with Crippen LogP contribution in [0, 0.1) is 5.92 Å². The SMILES string of the molecule is CC(=O)c1cc2c(cc1NC(=O)C1CC=CC1)OCCO2. The molecule has 0 fully saturated rings. The maximum atomic E-state index is 12.2. The van der Waals surface area contributed by atoms with E-state index in [1.54, 1.807) is 12.1 Å². The summed E-state index contributed by atoms with van der Waals surface area (Å²) in [6.45, 7) is 2.40. The molecule has 0 atom stereocenters. The van der Waals surface area contributed by atoms with Crippen molar-refractivity contribution < 1.29 is 19.1 Å². The average molecular weight is 287 g/mol. The number of hydrogen-bond acceptors (Lipinski definition) is 4. The Hall–Kier alpha value is -2.30. The van der Waals surface area contributed by atoms with Gasteiger partial charge in [0.2, 0.25) is 5.91 Å². The quantitative estimate of drug-likeness (QED) is 0.685. The van der Waals surface area contributed by atoms with Gasteiger partial charge in [0.15, 0.2) is 17.3 Å². The summed E-state index contributed by atoms with van der Waals surface area (Å²) in [5.41, 5.74) is 0.933. The van der Waals surface area contributed by atoms with Crippen LogP contribution >= 0.6 is 0 Å². The molecule has 1 aliphatic carbocycles. The molecule has 5 heteroatoms. The van der Waals surface area contributed by atoms with E-state index in [0.717, 1.165) is 12.8 Å². The molecule has 1 aliphatic heterocycles. The second-order valence-electron chi connectivity index (χ2n) is 5.23. The summed E-state index contributed by atoms with van der Waals surface area (Å²) in [4.78, 5) is 24.0. The van der Waals surface area contributed by atoms with Crippen molar-refractivity contribution in [3.05, 3.63) is 29.8 Å². The maximum Gasteiger partial charge on any atom is 0.228 e. The van der Waals surface area contributed by atoms with Gasteiger partial charge in [-0.25, -0.2) is 0 Å². The Kier molecular flexibility index (Phi) is 3.64. The molecular formula is C16H17NO4. The molecule has 0 spiro atoms. The molecule has 0 bridgehead atoms. The lowest BCUT2D eigenvalue weighted by molar-refractivity contribution is -0.119. The van der Waals surface area contributed by atoms with Crippen molar-refractivity contribution in [3.8, 4) is 11.5 Å². The fourth-order valence-electron chi connectivity index (χ4n) is 2.55. The minimum Gasteiger partial charge on any atom is -0.486 e. The highest BCUT2D eigenvalue weighted by atomic mass is 16.6. The number of carbonyl (C=O) groups excluding carboxylic acids is 2. The number of ketones is 1. The van der Waals surface area contributed by atoms with Gasteiger partial charge in [0.1, 0.15) is 13.2 Å². The van der Waals surface area contributed by atoms with Gasteiger partial charge in [0.05, 0.1) is 5.69 Å². The smallest absolute Gasteiger partial charge is 0.228 e. The van der Waals surface area contributed by atoms with Gasteiger partial charge < -0.3 is 14.8 Å². The first-order valence-corrected chi connectivity index (χ1v) is 7.05. The van der Waals surface area contributed by atoms with Crippen LogP contribution in [0.15, 0.2) is 24.3 Å². The van der Waals surface area contributed by atoms with Crippen molar-refractivity contribution in [3.63, 3.8) is 0 Å². The first kappa shape index (κ1) is 13.7. The predicted octanol–water partition coefficient (Wildman–Crippen LogP) is 2.57. The molecule has 1 heterocycles. The van der Waals surface area contributed by atoms with E-state index >= 15 is 0 Å². The molecule has 21 heavy (non-hydrogen) atoms. The van der Waals surface area contributed by atoms with Crippen LogP contribution in [0.3, 0.4) is 0 Å². The Labute approximate surface area is 122 Å². The second kappa shape index (κ2) is 5.60. The summed E-state index contributed by atoms with van der Waals surface area (Å²) in [5.74, 6) is 0.863. The van der Waals surface area contributed by atoms with Crippen LogP contribution in [0.5, 0.6) is 11.5 Å². The van der Waals surface area contributed by atoms with Crippen molar-refractivity contribution in [2.45, 2.75) is 19.8 Å². The van der Waals surface area contributed by atoms with Crippen LogP contribution in [0.1, 0.15) is 30.1 Å². The topological polar surface area (TPSA) is 64.6 Å². The van der Waals surface area contributed by atoms with Crippen LogP contribution < -0.4 is 14.8 Å². The van der Waals surface area contributed by atoms with E-state index in [0.29, 0.717) is 36.0 Å². The third-order valence-corrected chi connectivity index (χ3v) is 3.70. The summed E-state index contributed by atoms with van der Waals surface area (Å²) >= 11 is 0. The molecule has 1 aromatic carbocycles. The van der Waals surface area contributed by atoms with Crippen LogP contribution in [0.4, 0.5) is 5.69 Å². The summed E-state index contributed by atoms with van der Waals surface area (Å²) in [7, 11) is 0. The number of rotatable bonds is 3. The number of benzene rings is 1. The molecule has 110 valence electrons. The largest absolute Gasteiger partial charge is 0.486 e. The van der Waals surface area contributed by atoms with Gasteiger partial charge in [0.25, 0.3) is 0 Å². The normalized spacial score (nSPS) is 16.8. The Bertz CT molecular complexity index is 613. The van der Waals surface area contributed by atoms with E-state index < -0.39 is 0 Å². The highest BCUT2D eigenvalue weighted by Gasteiger charge is 2.23. The van der Waals surface area contributed by atoms with Crippen molar-refractivity contribution >= 4 is 17.4 Å². The molecule has 0 saturated carbocycles. The van der Waals surface area contributed by atoms with Crippen LogP contribution in [-0.2, 0) is 4.79 Å². The second-order valence-corrected chi connectivity index (χ2v) is 5.23. The Morgan fingerprint density at radius 2 is 1.71 bits per heavy atom. The van der Waals surface area contributed by atoms with E-state index in [9.17, 15) is 9.59 Å². The molecule has 0 radical (unpaired) electrons. The molecule has 0 aromatic heterocycles. The lowest BCUT2D eigenvalue weighted by atomic mass is 10.0.